The van der Waals surface area contributed by atoms with E-state index in [-0.39, 0.29) is 13.0 Å². The van der Waals surface area contributed by atoms with Gasteiger partial charge in [0.15, 0.2) is 0 Å². The Morgan fingerprint density at radius 1 is 0.458 bits per heavy atom. The van der Waals surface area contributed by atoms with Crippen molar-refractivity contribution in [1.82, 2.24) is 0 Å². The minimum absolute atomic E-state index is 0.104. The zero-order chi connectivity index (χ0) is 52.6. The molecule has 72 heavy (non-hydrogen) atoms. The number of rotatable bonds is 48. The van der Waals surface area contributed by atoms with Crippen molar-refractivity contribution in [3.63, 3.8) is 0 Å². The Hall–Kier alpha value is -2.48. The predicted octanol–water partition coefficient (Wildman–Crippen LogP) is 13.7. The first kappa shape index (κ1) is 67.5. The molecule has 1 rings (SSSR count). The molecule has 1 saturated carbocycles. The lowest BCUT2D eigenvalue weighted by Gasteiger charge is -2.41. The quantitative estimate of drug-likeness (QED) is 0.0146. The van der Waals surface area contributed by atoms with E-state index in [2.05, 4.69) is 98.9 Å². The molecule has 416 valence electrons. The highest BCUT2D eigenvalue weighted by molar-refractivity contribution is 7.47. The van der Waals surface area contributed by atoms with Crippen LogP contribution in [0.25, 0.3) is 0 Å². The summed E-state index contributed by atoms with van der Waals surface area (Å²) in [4.78, 5) is 23.3. The van der Waals surface area contributed by atoms with Gasteiger partial charge in [-0.1, -0.05) is 208 Å². The van der Waals surface area contributed by atoms with E-state index in [9.17, 15) is 39.8 Å². The summed E-state index contributed by atoms with van der Waals surface area (Å²) < 4.78 is 34.4. The van der Waals surface area contributed by atoms with Crippen LogP contribution in [0.3, 0.4) is 0 Å². The lowest BCUT2D eigenvalue weighted by atomic mass is 9.85. The van der Waals surface area contributed by atoms with E-state index in [0.717, 1.165) is 83.5 Å². The van der Waals surface area contributed by atoms with Crippen molar-refractivity contribution in [2.45, 2.75) is 262 Å². The Labute approximate surface area is 437 Å². The fourth-order valence-corrected chi connectivity index (χ4v) is 9.27. The van der Waals surface area contributed by atoms with Gasteiger partial charge in [0.05, 0.1) is 13.2 Å². The summed E-state index contributed by atoms with van der Waals surface area (Å²) >= 11 is 0. The zero-order valence-corrected chi connectivity index (χ0v) is 45.8. The van der Waals surface area contributed by atoms with Crippen molar-refractivity contribution in [2.24, 2.45) is 0 Å². The number of aliphatic hydroxyl groups is 5. The van der Waals surface area contributed by atoms with Crippen molar-refractivity contribution >= 4 is 13.8 Å². The van der Waals surface area contributed by atoms with E-state index in [1.165, 1.54) is 109 Å². The molecule has 6 N–H and O–H groups in total. The smallest absolute Gasteiger partial charge is 0.457 e. The molecule has 0 saturated heterocycles. The normalized spacial score (nSPS) is 21.3. The topological polar surface area (TPSA) is 192 Å². The van der Waals surface area contributed by atoms with Crippen molar-refractivity contribution in [2.75, 3.05) is 19.8 Å². The number of hydrogen-bond acceptors (Lipinski definition) is 11. The first-order valence-electron chi connectivity index (χ1n) is 28.4. The Morgan fingerprint density at radius 2 is 0.819 bits per heavy atom. The van der Waals surface area contributed by atoms with Crippen LogP contribution in [0, 0.1) is 0 Å². The number of carbonyl (C=O) groups excluding carboxylic acids is 1. The largest absolute Gasteiger partial charge is 0.472 e. The van der Waals surface area contributed by atoms with E-state index < -0.39 is 63.1 Å². The van der Waals surface area contributed by atoms with E-state index >= 15 is 0 Å². The average molecular weight is 1040 g/mol. The molecule has 12 nitrogen and oxygen atoms in total. The molecule has 0 aromatic heterocycles. The first-order chi connectivity index (χ1) is 35.0. The molecule has 1 aliphatic carbocycles. The van der Waals surface area contributed by atoms with Crippen LogP contribution in [0.1, 0.15) is 219 Å². The summed E-state index contributed by atoms with van der Waals surface area (Å²) in [6, 6.07) is 0. The van der Waals surface area contributed by atoms with Gasteiger partial charge in [-0.3, -0.25) is 13.8 Å². The molecule has 0 amide bonds. The third-order valence-corrected chi connectivity index (χ3v) is 13.7. The molecule has 1 aliphatic rings. The van der Waals surface area contributed by atoms with Gasteiger partial charge in [-0.15, -0.1) is 0 Å². The maximum atomic E-state index is 12.9. The predicted molar refractivity (Wildman–Crippen MR) is 294 cm³/mol. The van der Waals surface area contributed by atoms with Gasteiger partial charge in [0.2, 0.25) is 0 Å². The SMILES string of the molecule is CC/C=C\C/C=C\C/C=C\C/C=C\C/C=C\C/C=C\CCCCCOCC(COP(=O)(O)OC1C(O)C(O)C(O)C(O)C1O)OC(=O)CCCCCCCCCCCCC/C=C\CCCCCCCCCC. The molecule has 6 atom stereocenters. The second kappa shape index (κ2) is 48.2. The summed E-state index contributed by atoms with van der Waals surface area (Å²) in [6.07, 6.45) is 53.7. The van der Waals surface area contributed by atoms with Crippen LogP contribution in [-0.4, -0.2) is 98.9 Å². The van der Waals surface area contributed by atoms with E-state index in [1.807, 2.05) is 0 Å². The molecule has 13 heteroatoms. The van der Waals surface area contributed by atoms with E-state index in [1.54, 1.807) is 0 Å². The number of allylic oxidation sites excluding steroid dienone is 14. The van der Waals surface area contributed by atoms with Crippen molar-refractivity contribution < 1.29 is 58.3 Å². The molecule has 0 aromatic rings. The Kier molecular flexibility index (Phi) is 45.2. The number of unbranched alkanes of at least 4 members (excludes halogenated alkanes) is 22. The highest BCUT2D eigenvalue weighted by atomic mass is 31.2. The minimum atomic E-state index is -5.04. The Balaban J connectivity index is 2.33. The van der Waals surface area contributed by atoms with Crippen LogP contribution in [-0.2, 0) is 27.9 Å². The standard InChI is InChI=1S/C59H103O12P/c1-3-5-7-9-11-13-15-17-19-21-23-25-27-28-30-32-34-36-38-40-42-44-46-48-53(60)70-52(51-69-72(66,67)71-59-57(64)55(62)54(61)56(63)58(59)65)50-68-49-47-45-43-41-39-37-35-33-31-29-26-24-22-20-18-16-14-12-10-8-6-4-2/h6,8,12,14,18,20-21,23-24,26,31,33,37,39,52,54-59,61-65H,3-5,7,9-11,13,15-17,19,22,25,27-30,32,34-36,38,40-51H2,1-2H3,(H,66,67)/b8-6-,14-12-,20-18-,23-21-,26-24-,33-31-,39-37-. The number of carbonyl (C=O) groups is 1. The summed E-state index contributed by atoms with van der Waals surface area (Å²) in [5, 5.41) is 50.4. The van der Waals surface area contributed by atoms with Crippen LogP contribution >= 0.6 is 7.82 Å². The molecular formula is C59H103O12P. The van der Waals surface area contributed by atoms with Gasteiger partial charge >= 0.3 is 13.8 Å². The van der Waals surface area contributed by atoms with E-state index in [4.69, 9.17) is 18.5 Å². The molecule has 0 bridgehead atoms. The zero-order valence-electron chi connectivity index (χ0n) is 45.0. The van der Waals surface area contributed by atoms with Crippen LogP contribution in [0.15, 0.2) is 85.1 Å². The van der Waals surface area contributed by atoms with Gasteiger partial charge in [0, 0.05) is 13.0 Å². The summed E-state index contributed by atoms with van der Waals surface area (Å²) in [5.41, 5.74) is 0. The van der Waals surface area contributed by atoms with Gasteiger partial charge in [0.1, 0.15) is 42.7 Å². The number of esters is 1. The maximum absolute atomic E-state index is 12.9. The minimum Gasteiger partial charge on any atom is -0.457 e. The van der Waals surface area contributed by atoms with Gasteiger partial charge < -0.3 is 39.9 Å². The molecule has 1 fully saturated rings. The Morgan fingerprint density at radius 3 is 1.26 bits per heavy atom. The lowest BCUT2D eigenvalue weighted by Crippen LogP contribution is -2.64. The summed E-state index contributed by atoms with van der Waals surface area (Å²) in [5.74, 6) is -0.491. The maximum Gasteiger partial charge on any atom is 0.472 e. The monoisotopic (exact) mass is 1030 g/mol. The fourth-order valence-electron chi connectivity index (χ4n) is 8.30. The van der Waals surface area contributed by atoms with Crippen molar-refractivity contribution in [3.05, 3.63) is 85.1 Å². The molecule has 0 aliphatic heterocycles. The molecule has 0 radical (unpaired) electrons. The molecule has 6 unspecified atom stereocenters. The highest BCUT2D eigenvalue weighted by Gasteiger charge is 2.51. The molecule has 0 spiro atoms. The van der Waals surface area contributed by atoms with Crippen LogP contribution in [0.2, 0.25) is 0 Å². The number of aliphatic hydroxyl groups excluding tert-OH is 5. The summed E-state index contributed by atoms with van der Waals surface area (Å²) in [6.45, 7) is 4.09. The van der Waals surface area contributed by atoms with Crippen molar-refractivity contribution in [1.29, 1.82) is 0 Å². The Bertz CT molecular complexity index is 1510. The average Bonchev–Trinajstić information content (AvgIpc) is 3.37. The van der Waals surface area contributed by atoms with Gasteiger partial charge in [-0.05, 0) is 89.9 Å². The molecular weight excluding hydrogens is 932 g/mol. The van der Waals surface area contributed by atoms with Crippen molar-refractivity contribution in [3.8, 4) is 0 Å². The number of phosphoric ester groups is 1. The number of hydrogen-bond donors (Lipinski definition) is 6. The fraction of sp³-hybridized carbons (Fsp3) is 0.746. The molecule has 0 aromatic carbocycles. The third kappa shape index (κ3) is 39.0. The lowest BCUT2D eigenvalue weighted by molar-refractivity contribution is -0.220. The van der Waals surface area contributed by atoms with Gasteiger partial charge in [0.25, 0.3) is 0 Å². The van der Waals surface area contributed by atoms with Crippen LogP contribution in [0.5, 0.6) is 0 Å². The number of phosphoric acid groups is 1. The van der Waals surface area contributed by atoms with Crippen LogP contribution < -0.4 is 0 Å². The number of ether oxygens (including phenoxy) is 2. The summed E-state index contributed by atoms with van der Waals surface area (Å²) in [7, 11) is -5.04. The van der Waals surface area contributed by atoms with Gasteiger partial charge in [-0.2, -0.15) is 0 Å². The van der Waals surface area contributed by atoms with E-state index in [0.29, 0.717) is 13.0 Å². The van der Waals surface area contributed by atoms with Gasteiger partial charge in [-0.25, -0.2) is 4.57 Å². The molecule has 0 heterocycles. The first-order valence-corrected chi connectivity index (χ1v) is 29.9. The second-order valence-electron chi connectivity index (χ2n) is 19.4. The third-order valence-electron chi connectivity index (χ3n) is 12.8. The second-order valence-corrected chi connectivity index (χ2v) is 20.8. The highest BCUT2D eigenvalue weighted by Crippen LogP contribution is 2.47. The van der Waals surface area contributed by atoms with Crippen LogP contribution in [0.4, 0.5) is 0 Å².